The summed E-state index contributed by atoms with van der Waals surface area (Å²) < 4.78 is 0. The van der Waals surface area contributed by atoms with Crippen molar-refractivity contribution in [2.75, 3.05) is 0 Å². The van der Waals surface area contributed by atoms with Crippen molar-refractivity contribution in [3.8, 4) is 6.07 Å². The van der Waals surface area contributed by atoms with E-state index in [1.807, 2.05) is 32.1 Å². The number of hydrogen-bond donors (Lipinski definition) is 1. The molecule has 0 bridgehead atoms. The minimum Gasteiger partial charge on any atom is -0.354 e. The van der Waals surface area contributed by atoms with Gasteiger partial charge >= 0.3 is 0 Å². The molecule has 3 nitrogen and oxygen atoms in total. The highest BCUT2D eigenvalue weighted by Gasteiger charge is 2.10. The Labute approximate surface area is 124 Å². The van der Waals surface area contributed by atoms with E-state index in [1.165, 1.54) is 0 Å². The van der Waals surface area contributed by atoms with Crippen LogP contribution in [0.5, 0.6) is 0 Å². The Morgan fingerprint density at radius 2 is 2.30 bits per heavy atom. The highest BCUT2D eigenvalue weighted by Crippen LogP contribution is 2.24. The zero-order chi connectivity index (χ0) is 15.0. The Hall–Kier alpha value is -2.12. The molecule has 0 spiro atoms. The van der Waals surface area contributed by atoms with Crippen LogP contribution in [0, 0.1) is 18.3 Å². The second-order valence-corrected chi connectivity index (χ2v) is 5.22. The summed E-state index contributed by atoms with van der Waals surface area (Å²) in [6.07, 6.45) is 8.80. The molecule has 0 aromatic carbocycles. The lowest BCUT2D eigenvalue weighted by Gasteiger charge is -2.06. The summed E-state index contributed by atoms with van der Waals surface area (Å²) in [4.78, 5) is 5.64. The minimum absolute atomic E-state index is 0.515. The van der Waals surface area contributed by atoms with Gasteiger partial charge < -0.3 is 5.32 Å². The predicted octanol–water partition coefficient (Wildman–Crippen LogP) is 4.11. The lowest BCUT2D eigenvalue weighted by atomic mass is 10.2. The number of thiazole rings is 1. The van der Waals surface area contributed by atoms with Crippen LogP contribution in [-0.2, 0) is 6.42 Å². The van der Waals surface area contributed by atoms with Gasteiger partial charge in [-0.05, 0) is 32.4 Å². The van der Waals surface area contributed by atoms with Gasteiger partial charge in [0.15, 0.2) is 0 Å². The Bertz CT molecular complexity index is 585. The van der Waals surface area contributed by atoms with Crippen LogP contribution < -0.4 is 5.32 Å². The van der Waals surface area contributed by atoms with Crippen LogP contribution in [0.2, 0.25) is 0 Å². The van der Waals surface area contributed by atoms with Crippen molar-refractivity contribution >= 4 is 17.0 Å². The van der Waals surface area contributed by atoms with Gasteiger partial charge in [-0.1, -0.05) is 25.3 Å². The van der Waals surface area contributed by atoms with Crippen LogP contribution in [-0.4, -0.2) is 4.98 Å². The van der Waals surface area contributed by atoms with E-state index < -0.39 is 0 Å². The fourth-order valence-corrected chi connectivity index (χ4v) is 2.53. The van der Waals surface area contributed by atoms with E-state index >= 15 is 0 Å². The fourth-order valence-electron chi connectivity index (χ4n) is 1.55. The topological polar surface area (TPSA) is 48.7 Å². The molecule has 0 radical (unpaired) electrons. The molecule has 0 saturated heterocycles. The SMILES string of the molecule is C=C/C(=C\C=C/C)NC(=C)c1nc(C)c(CCC#N)s1. The molecule has 0 amide bonds. The Kier molecular flexibility index (Phi) is 6.48. The molecule has 0 aliphatic carbocycles. The van der Waals surface area contributed by atoms with Gasteiger partial charge in [-0.25, -0.2) is 4.98 Å². The number of hydrogen-bond acceptors (Lipinski definition) is 4. The normalized spacial score (nSPS) is 11.3. The Morgan fingerprint density at radius 1 is 1.55 bits per heavy atom. The molecule has 104 valence electrons. The molecule has 1 N–H and O–H groups in total. The number of aryl methyl sites for hydroxylation is 2. The lowest BCUT2D eigenvalue weighted by molar-refractivity contribution is 1.01. The Balaban J connectivity index is 2.82. The van der Waals surface area contributed by atoms with Crippen LogP contribution in [0.15, 0.2) is 43.2 Å². The van der Waals surface area contributed by atoms with E-state index in [9.17, 15) is 0 Å². The van der Waals surface area contributed by atoms with Gasteiger partial charge in [0.2, 0.25) is 0 Å². The molecule has 1 aromatic heterocycles. The average molecular weight is 285 g/mol. The highest BCUT2D eigenvalue weighted by molar-refractivity contribution is 7.12. The third kappa shape index (κ3) is 4.52. The molecule has 1 aromatic rings. The number of rotatable bonds is 7. The molecule has 1 rings (SSSR count). The molecular weight excluding hydrogens is 266 g/mol. The first-order chi connectivity index (χ1) is 9.62. The summed E-state index contributed by atoms with van der Waals surface area (Å²) in [5.41, 5.74) is 2.59. The van der Waals surface area contributed by atoms with E-state index in [4.69, 9.17) is 5.26 Å². The molecule has 0 fully saturated rings. The van der Waals surface area contributed by atoms with Gasteiger partial charge in [0.1, 0.15) is 5.01 Å². The average Bonchev–Trinajstić information content (AvgIpc) is 2.82. The molecule has 0 saturated carbocycles. The first-order valence-corrected chi connectivity index (χ1v) is 7.19. The monoisotopic (exact) mass is 285 g/mol. The van der Waals surface area contributed by atoms with Gasteiger partial charge in [-0.15, -0.1) is 11.3 Å². The van der Waals surface area contributed by atoms with Crippen LogP contribution in [0.1, 0.15) is 28.9 Å². The number of aromatic nitrogens is 1. The summed E-state index contributed by atoms with van der Waals surface area (Å²) in [5.74, 6) is 0. The second-order valence-electron chi connectivity index (χ2n) is 4.14. The van der Waals surface area contributed by atoms with Crippen molar-refractivity contribution in [3.05, 3.63) is 58.7 Å². The molecule has 0 aliphatic rings. The molecule has 0 atom stereocenters. The molecule has 4 heteroatoms. The number of nitrogens with zero attached hydrogens (tertiary/aromatic N) is 2. The summed E-state index contributed by atoms with van der Waals surface area (Å²) >= 11 is 1.58. The van der Waals surface area contributed by atoms with E-state index in [0.29, 0.717) is 6.42 Å². The number of nitrogens with one attached hydrogen (secondary N) is 1. The minimum atomic E-state index is 0.515. The first-order valence-electron chi connectivity index (χ1n) is 6.37. The highest BCUT2D eigenvalue weighted by atomic mass is 32.1. The third-order valence-corrected chi connectivity index (χ3v) is 3.88. The Morgan fingerprint density at radius 3 is 2.90 bits per heavy atom. The van der Waals surface area contributed by atoms with E-state index in [0.717, 1.165) is 33.4 Å². The summed E-state index contributed by atoms with van der Waals surface area (Å²) in [6, 6.07) is 2.16. The van der Waals surface area contributed by atoms with Gasteiger partial charge in [-0.2, -0.15) is 5.26 Å². The van der Waals surface area contributed by atoms with Crippen LogP contribution >= 0.6 is 11.3 Å². The number of allylic oxidation sites excluding steroid dienone is 4. The van der Waals surface area contributed by atoms with Crippen molar-refractivity contribution in [3.63, 3.8) is 0 Å². The van der Waals surface area contributed by atoms with Gasteiger partial charge in [0.05, 0.1) is 17.5 Å². The third-order valence-electron chi connectivity index (χ3n) is 2.60. The fraction of sp³-hybridized carbons (Fsp3) is 0.250. The van der Waals surface area contributed by atoms with E-state index in [2.05, 4.69) is 29.5 Å². The van der Waals surface area contributed by atoms with Gasteiger partial charge in [0, 0.05) is 17.0 Å². The smallest absolute Gasteiger partial charge is 0.139 e. The first kappa shape index (κ1) is 15.9. The van der Waals surface area contributed by atoms with Gasteiger partial charge in [-0.3, -0.25) is 0 Å². The van der Waals surface area contributed by atoms with Crippen molar-refractivity contribution in [2.24, 2.45) is 0 Å². The van der Waals surface area contributed by atoms with Crippen molar-refractivity contribution < 1.29 is 0 Å². The predicted molar refractivity (Wildman–Crippen MR) is 86.0 cm³/mol. The van der Waals surface area contributed by atoms with Crippen molar-refractivity contribution in [1.82, 2.24) is 10.3 Å². The molecule has 0 aliphatic heterocycles. The van der Waals surface area contributed by atoms with E-state index in [-0.39, 0.29) is 0 Å². The second kappa shape index (κ2) is 8.13. The summed E-state index contributed by atoms with van der Waals surface area (Å²) in [7, 11) is 0. The maximum atomic E-state index is 8.65. The standard InChI is InChI=1S/C16H19N3S/c1-5-7-9-14(6-2)18-13(4)16-19-12(3)15(20-16)10-8-11-17/h5-7,9,18H,2,4,8,10H2,1,3H3/b7-5-,14-9+. The van der Waals surface area contributed by atoms with Crippen molar-refractivity contribution in [2.45, 2.75) is 26.7 Å². The van der Waals surface area contributed by atoms with Crippen LogP contribution in [0.25, 0.3) is 5.70 Å². The quantitative estimate of drug-likeness (QED) is 0.767. The van der Waals surface area contributed by atoms with Gasteiger partial charge in [0.25, 0.3) is 0 Å². The zero-order valence-corrected chi connectivity index (χ0v) is 12.8. The van der Waals surface area contributed by atoms with E-state index in [1.54, 1.807) is 17.4 Å². The van der Waals surface area contributed by atoms with Crippen LogP contribution in [0.3, 0.4) is 0 Å². The summed E-state index contributed by atoms with van der Waals surface area (Å²) in [6.45, 7) is 11.7. The largest absolute Gasteiger partial charge is 0.354 e. The molecular formula is C16H19N3S. The van der Waals surface area contributed by atoms with Crippen LogP contribution in [0.4, 0.5) is 0 Å². The summed E-state index contributed by atoms with van der Waals surface area (Å²) in [5, 5.41) is 12.7. The maximum Gasteiger partial charge on any atom is 0.139 e. The molecule has 20 heavy (non-hydrogen) atoms. The molecule has 0 unspecified atom stereocenters. The molecule has 1 heterocycles. The lowest BCUT2D eigenvalue weighted by Crippen LogP contribution is -2.08. The maximum absolute atomic E-state index is 8.65. The zero-order valence-electron chi connectivity index (χ0n) is 11.9. The number of nitriles is 1. The van der Waals surface area contributed by atoms with Crippen molar-refractivity contribution in [1.29, 1.82) is 5.26 Å².